The van der Waals surface area contributed by atoms with Crippen LogP contribution in [-0.2, 0) is 28.5 Å². The molecule has 11 nitrogen and oxygen atoms in total. The third-order valence-electron chi connectivity index (χ3n) is 9.45. The fraction of sp³-hybridized carbons (Fsp3) is 0.704. The fourth-order valence-electron chi connectivity index (χ4n) is 7.39. The van der Waals surface area contributed by atoms with Crippen LogP contribution in [0.15, 0.2) is 34.7 Å². The average Bonchev–Trinajstić information content (AvgIpc) is 3.44. The summed E-state index contributed by atoms with van der Waals surface area (Å²) in [7, 11) is 1.31. The second kappa shape index (κ2) is 10.0. The van der Waals surface area contributed by atoms with Crippen molar-refractivity contribution < 1.29 is 53.4 Å². The standard InChI is InChI=1S/C27H36O11/c1-26-10-16(13-7-8-35-12-13)36-24(33)15(26)9-19(27(2)14(23(32)34-3)5-4-6-18(26)27)38-25-22(31)21(30)20(29)17(11-28)37-25/h5,7-8,12,15-22,25,28-31H,4,6,9-11H2,1-3H3. The Morgan fingerprint density at radius 3 is 2.61 bits per heavy atom. The van der Waals surface area contributed by atoms with Crippen molar-refractivity contribution in [2.45, 2.75) is 82.4 Å². The molecule has 4 N–H and O–H groups in total. The van der Waals surface area contributed by atoms with Crippen molar-refractivity contribution in [3.8, 4) is 0 Å². The first-order valence-corrected chi connectivity index (χ1v) is 13.0. The lowest BCUT2D eigenvalue weighted by Gasteiger charge is -2.62. The summed E-state index contributed by atoms with van der Waals surface area (Å²) in [5.74, 6) is -1.68. The first-order valence-electron chi connectivity index (χ1n) is 13.0. The van der Waals surface area contributed by atoms with E-state index >= 15 is 0 Å². The van der Waals surface area contributed by atoms with Gasteiger partial charge in [0.05, 0.1) is 38.3 Å². The molecule has 0 bridgehead atoms. The van der Waals surface area contributed by atoms with Crippen molar-refractivity contribution in [2.75, 3.05) is 13.7 Å². The summed E-state index contributed by atoms with van der Waals surface area (Å²) in [4.78, 5) is 26.5. The van der Waals surface area contributed by atoms with E-state index in [2.05, 4.69) is 6.92 Å². The van der Waals surface area contributed by atoms with Gasteiger partial charge in [-0.3, -0.25) is 4.79 Å². The van der Waals surface area contributed by atoms with E-state index in [1.54, 1.807) is 12.3 Å². The number of fused-ring (bicyclic) bond motifs is 3. The van der Waals surface area contributed by atoms with Crippen LogP contribution in [0.4, 0.5) is 0 Å². The maximum Gasteiger partial charge on any atom is 0.334 e. The number of cyclic esters (lactones) is 1. The Morgan fingerprint density at radius 2 is 1.95 bits per heavy atom. The van der Waals surface area contributed by atoms with Crippen molar-refractivity contribution >= 4 is 11.9 Å². The van der Waals surface area contributed by atoms with E-state index in [4.69, 9.17) is 23.4 Å². The highest BCUT2D eigenvalue weighted by atomic mass is 16.7. The van der Waals surface area contributed by atoms with Gasteiger partial charge in [0.2, 0.25) is 0 Å². The Kier molecular flexibility index (Phi) is 7.21. The van der Waals surface area contributed by atoms with Crippen LogP contribution >= 0.6 is 0 Å². The molecule has 4 aliphatic rings. The van der Waals surface area contributed by atoms with E-state index < -0.39 is 72.2 Å². The minimum absolute atomic E-state index is 0.157. The van der Waals surface area contributed by atoms with Crippen LogP contribution in [0, 0.1) is 22.7 Å². The molecule has 5 rings (SSSR count). The summed E-state index contributed by atoms with van der Waals surface area (Å²) in [6.45, 7) is 3.35. The van der Waals surface area contributed by atoms with Crippen LogP contribution in [0.3, 0.4) is 0 Å². The molecule has 11 unspecified atom stereocenters. The minimum Gasteiger partial charge on any atom is -0.472 e. The van der Waals surface area contributed by atoms with Gasteiger partial charge in [0.15, 0.2) is 6.29 Å². The second-order valence-corrected chi connectivity index (χ2v) is 11.3. The monoisotopic (exact) mass is 536 g/mol. The molecule has 3 heterocycles. The van der Waals surface area contributed by atoms with E-state index in [1.165, 1.54) is 13.4 Å². The molecule has 38 heavy (non-hydrogen) atoms. The Labute approximate surface area is 220 Å². The number of furan rings is 1. The smallest absolute Gasteiger partial charge is 0.334 e. The highest BCUT2D eigenvalue weighted by Gasteiger charge is 2.66. The molecule has 2 aliphatic carbocycles. The quantitative estimate of drug-likeness (QED) is 0.397. The third kappa shape index (κ3) is 4.11. The number of hydrogen-bond donors (Lipinski definition) is 4. The van der Waals surface area contributed by atoms with Gasteiger partial charge < -0.3 is 43.8 Å². The molecule has 1 aromatic heterocycles. The van der Waals surface area contributed by atoms with Crippen LogP contribution in [0.25, 0.3) is 0 Å². The lowest BCUT2D eigenvalue weighted by Crippen LogP contribution is -2.65. The van der Waals surface area contributed by atoms with Gasteiger partial charge in [-0.05, 0) is 43.1 Å². The summed E-state index contributed by atoms with van der Waals surface area (Å²) in [5, 5.41) is 40.8. The molecule has 11 heteroatoms. The molecule has 11 atom stereocenters. The van der Waals surface area contributed by atoms with Crippen LogP contribution < -0.4 is 0 Å². The number of carbonyl (C=O) groups excluding carboxylic acids is 2. The molecule has 0 spiro atoms. The van der Waals surface area contributed by atoms with Gasteiger partial charge in [0.1, 0.15) is 30.5 Å². The Bertz CT molecular complexity index is 1070. The largest absolute Gasteiger partial charge is 0.472 e. The fourth-order valence-corrected chi connectivity index (χ4v) is 7.39. The number of carbonyl (C=O) groups is 2. The summed E-state index contributed by atoms with van der Waals surface area (Å²) in [6.07, 6.45) is -1.81. The number of rotatable bonds is 5. The lowest BCUT2D eigenvalue weighted by atomic mass is 9.44. The van der Waals surface area contributed by atoms with Gasteiger partial charge in [-0.15, -0.1) is 0 Å². The van der Waals surface area contributed by atoms with Crippen LogP contribution in [0.5, 0.6) is 0 Å². The van der Waals surface area contributed by atoms with E-state index in [9.17, 15) is 30.0 Å². The van der Waals surface area contributed by atoms with Crippen molar-refractivity contribution in [3.63, 3.8) is 0 Å². The first kappa shape index (κ1) is 27.3. The minimum atomic E-state index is -1.62. The van der Waals surface area contributed by atoms with Crippen molar-refractivity contribution in [2.24, 2.45) is 22.7 Å². The molecule has 2 saturated heterocycles. The molecule has 2 aliphatic heterocycles. The number of esters is 2. The molecule has 0 aromatic carbocycles. The molecular weight excluding hydrogens is 500 g/mol. The van der Waals surface area contributed by atoms with Crippen molar-refractivity contribution in [1.29, 1.82) is 0 Å². The lowest BCUT2D eigenvalue weighted by molar-refractivity contribution is -0.329. The zero-order valence-electron chi connectivity index (χ0n) is 21.7. The van der Waals surface area contributed by atoms with Gasteiger partial charge >= 0.3 is 11.9 Å². The van der Waals surface area contributed by atoms with E-state index in [1.807, 2.05) is 13.0 Å². The topological polar surface area (TPSA) is 165 Å². The van der Waals surface area contributed by atoms with E-state index in [0.29, 0.717) is 24.8 Å². The number of ether oxygens (including phenoxy) is 4. The maximum atomic E-state index is 13.5. The molecule has 0 radical (unpaired) electrons. The molecule has 0 amide bonds. The van der Waals surface area contributed by atoms with Crippen LogP contribution in [-0.4, -0.2) is 82.9 Å². The third-order valence-corrected chi connectivity index (χ3v) is 9.45. The number of methoxy groups -OCH3 is 1. The summed E-state index contributed by atoms with van der Waals surface area (Å²) < 4.78 is 28.2. The SMILES string of the molecule is COC(=O)C1=CCCC2C3(C)CC(c4ccoc4)OC(=O)C3CC(OC3OC(CO)C(O)C(O)C3O)C12C. The summed E-state index contributed by atoms with van der Waals surface area (Å²) in [5.41, 5.74) is -0.341. The first-order chi connectivity index (χ1) is 18.1. The normalized spacial score (nSPS) is 44.9. The molecule has 3 fully saturated rings. The average molecular weight is 537 g/mol. The molecule has 1 saturated carbocycles. The maximum absolute atomic E-state index is 13.5. The Morgan fingerprint density at radius 1 is 1.18 bits per heavy atom. The highest BCUT2D eigenvalue weighted by Crippen LogP contribution is 2.65. The van der Waals surface area contributed by atoms with E-state index in [-0.39, 0.29) is 18.3 Å². The number of aliphatic hydroxyl groups excluding tert-OH is 4. The second-order valence-electron chi connectivity index (χ2n) is 11.3. The number of hydrogen-bond acceptors (Lipinski definition) is 11. The van der Waals surface area contributed by atoms with E-state index in [0.717, 1.165) is 5.56 Å². The molecule has 1 aromatic rings. The molecule has 210 valence electrons. The van der Waals surface area contributed by atoms with Gasteiger partial charge in [-0.2, -0.15) is 0 Å². The van der Waals surface area contributed by atoms with Crippen LogP contribution in [0.2, 0.25) is 0 Å². The van der Waals surface area contributed by atoms with Crippen molar-refractivity contribution in [3.05, 3.63) is 35.8 Å². The zero-order valence-corrected chi connectivity index (χ0v) is 21.7. The highest BCUT2D eigenvalue weighted by molar-refractivity contribution is 5.90. The zero-order chi connectivity index (χ0) is 27.4. The van der Waals surface area contributed by atoms with Crippen LogP contribution in [0.1, 0.15) is 51.2 Å². The van der Waals surface area contributed by atoms with Gasteiger partial charge in [0.25, 0.3) is 0 Å². The predicted octanol–water partition coefficient (Wildman–Crippen LogP) is 0.995. The summed E-state index contributed by atoms with van der Waals surface area (Å²) >= 11 is 0. The number of aliphatic hydroxyl groups is 4. The van der Waals surface area contributed by atoms with Gasteiger partial charge in [0, 0.05) is 16.6 Å². The number of allylic oxidation sites excluding steroid dienone is 1. The summed E-state index contributed by atoms with van der Waals surface area (Å²) in [6, 6.07) is 1.77. The van der Waals surface area contributed by atoms with Crippen molar-refractivity contribution in [1.82, 2.24) is 0 Å². The Hall–Kier alpha value is -2.28. The predicted molar refractivity (Wildman–Crippen MR) is 128 cm³/mol. The van der Waals surface area contributed by atoms with Gasteiger partial charge in [-0.1, -0.05) is 19.9 Å². The Balaban J connectivity index is 1.54. The van der Waals surface area contributed by atoms with Gasteiger partial charge in [-0.25, -0.2) is 4.79 Å². The molecular formula is C27H36O11.